The molecule has 88 valence electrons. The van der Waals surface area contributed by atoms with Crippen LogP contribution in [0.1, 0.15) is 16.0 Å². The number of nitrogens with one attached hydrogen (secondary N) is 1. The van der Waals surface area contributed by atoms with Gasteiger partial charge < -0.3 is 5.32 Å². The van der Waals surface area contributed by atoms with E-state index < -0.39 is 0 Å². The summed E-state index contributed by atoms with van der Waals surface area (Å²) in [6.07, 6.45) is 1.15. The lowest BCUT2D eigenvalue weighted by atomic mass is 10.1. The van der Waals surface area contributed by atoms with Crippen molar-refractivity contribution in [2.45, 2.75) is 19.9 Å². The van der Waals surface area contributed by atoms with Crippen LogP contribution >= 0.6 is 22.9 Å². The van der Waals surface area contributed by atoms with E-state index in [1.807, 2.05) is 23.5 Å². The highest BCUT2D eigenvalue weighted by molar-refractivity contribution is 7.15. The van der Waals surface area contributed by atoms with Crippen LogP contribution in [0.3, 0.4) is 0 Å². The molecule has 3 rings (SSSR count). The van der Waals surface area contributed by atoms with Crippen LogP contribution in [0.25, 0.3) is 10.4 Å². The van der Waals surface area contributed by atoms with Gasteiger partial charge in [-0.1, -0.05) is 23.7 Å². The molecule has 0 spiro atoms. The van der Waals surface area contributed by atoms with E-state index in [1.165, 1.54) is 26.4 Å². The Balaban J connectivity index is 2.09. The number of benzene rings is 1. The van der Waals surface area contributed by atoms with Crippen molar-refractivity contribution in [1.29, 1.82) is 0 Å². The summed E-state index contributed by atoms with van der Waals surface area (Å²) >= 11 is 8.10. The maximum atomic E-state index is 6.18. The molecule has 0 saturated carbocycles. The number of fused-ring (bicyclic) bond motifs is 1. The van der Waals surface area contributed by atoms with Crippen LogP contribution in [0.15, 0.2) is 24.3 Å². The molecular formula is C14H14ClNS. The average Bonchev–Trinajstić information content (AvgIpc) is 2.76. The van der Waals surface area contributed by atoms with Crippen molar-refractivity contribution in [2.24, 2.45) is 0 Å². The van der Waals surface area contributed by atoms with Gasteiger partial charge in [0.1, 0.15) is 0 Å². The molecule has 1 aromatic heterocycles. The predicted octanol–water partition coefficient (Wildman–Crippen LogP) is 4.02. The average molecular weight is 264 g/mol. The Morgan fingerprint density at radius 2 is 2.24 bits per heavy atom. The highest BCUT2D eigenvalue weighted by Gasteiger charge is 2.15. The first-order valence-electron chi connectivity index (χ1n) is 5.83. The molecule has 0 bridgehead atoms. The molecule has 0 atom stereocenters. The fourth-order valence-corrected chi connectivity index (χ4v) is 3.70. The minimum absolute atomic E-state index is 0.854. The quantitative estimate of drug-likeness (QED) is 0.819. The van der Waals surface area contributed by atoms with E-state index in [-0.39, 0.29) is 0 Å². The monoisotopic (exact) mass is 263 g/mol. The van der Waals surface area contributed by atoms with Crippen LogP contribution in [0.5, 0.6) is 0 Å². The number of hydrogen-bond acceptors (Lipinski definition) is 2. The summed E-state index contributed by atoms with van der Waals surface area (Å²) in [7, 11) is 0. The Bertz CT molecular complexity index is 536. The lowest BCUT2D eigenvalue weighted by Gasteiger charge is -2.10. The van der Waals surface area contributed by atoms with E-state index in [0.717, 1.165) is 24.5 Å². The van der Waals surface area contributed by atoms with E-state index in [2.05, 4.69) is 24.4 Å². The zero-order valence-electron chi connectivity index (χ0n) is 9.72. The molecule has 1 nitrogen and oxygen atoms in total. The minimum Gasteiger partial charge on any atom is -0.312 e. The third-order valence-electron chi connectivity index (χ3n) is 3.27. The van der Waals surface area contributed by atoms with Crippen LogP contribution in [-0.2, 0) is 13.0 Å². The summed E-state index contributed by atoms with van der Waals surface area (Å²) in [5.74, 6) is 0. The molecule has 2 heterocycles. The summed E-state index contributed by atoms with van der Waals surface area (Å²) in [6, 6.07) is 8.45. The van der Waals surface area contributed by atoms with Gasteiger partial charge in [-0.15, -0.1) is 11.3 Å². The predicted molar refractivity (Wildman–Crippen MR) is 74.9 cm³/mol. The SMILES string of the molecule is Cc1c(Cl)cccc1-c1cc2c(s1)CCNC2. The molecule has 17 heavy (non-hydrogen) atoms. The minimum atomic E-state index is 0.854. The summed E-state index contributed by atoms with van der Waals surface area (Å²) in [6.45, 7) is 4.20. The Morgan fingerprint density at radius 3 is 3.06 bits per heavy atom. The largest absolute Gasteiger partial charge is 0.312 e. The molecule has 1 aliphatic rings. The summed E-state index contributed by atoms with van der Waals surface area (Å²) in [4.78, 5) is 2.87. The first-order chi connectivity index (χ1) is 8.25. The normalized spacial score (nSPS) is 14.7. The highest BCUT2D eigenvalue weighted by atomic mass is 35.5. The topological polar surface area (TPSA) is 12.0 Å². The van der Waals surface area contributed by atoms with Gasteiger partial charge >= 0.3 is 0 Å². The van der Waals surface area contributed by atoms with Gasteiger partial charge in [-0.3, -0.25) is 0 Å². The van der Waals surface area contributed by atoms with Crippen molar-refractivity contribution in [1.82, 2.24) is 5.32 Å². The van der Waals surface area contributed by atoms with Gasteiger partial charge in [-0.05, 0) is 42.2 Å². The number of thiophene rings is 1. The van der Waals surface area contributed by atoms with Crippen LogP contribution < -0.4 is 5.32 Å². The number of halogens is 1. The smallest absolute Gasteiger partial charge is 0.0441 e. The Labute approximate surface area is 110 Å². The Morgan fingerprint density at radius 1 is 1.35 bits per heavy atom. The van der Waals surface area contributed by atoms with Crippen molar-refractivity contribution >= 4 is 22.9 Å². The van der Waals surface area contributed by atoms with Crippen molar-refractivity contribution in [2.75, 3.05) is 6.54 Å². The van der Waals surface area contributed by atoms with Crippen molar-refractivity contribution < 1.29 is 0 Å². The van der Waals surface area contributed by atoms with E-state index in [9.17, 15) is 0 Å². The molecule has 0 amide bonds. The molecule has 0 aliphatic carbocycles. The molecule has 3 heteroatoms. The van der Waals surface area contributed by atoms with Crippen LogP contribution in [0.2, 0.25) is 5.02 Å². The van der Waals surface area contributed by atoms with Crippen LogP contribution in [-0.4, -0.2) is 6.54 Å². The van der Waals surface area contributed by atoms with E-state index in [4.69, 9.17) is 11.6 Å². The van der Waals surface area contributed by atoms with E-state index in [1.54, 1.807) is 0 Å². The summed E-state index contributed by atoms with van der Waals surface area (Å²) in [5.41, 5.74) is 3.91. The lowest BCUT2D eigenvalue weighted by Crippen LogP contribution is -2.21. The third kappa shape index (κ3) is 2.01. The maximum absolute atomic E-state index is 6.18. The van der Waals surface area contributed by atoms with Gasteiger partial charge in [0.25, 0.3) is 0 Å². The molecule has 0 fully saturated rings. The number of hydrogen-bond donors (Lipinski definition) is 1. The summed E-state index contributed by atoms with van der Waals surface area (Å²) in [5, 5.41) is 4.27. The molecule has 0 unspecified atom stereocenters. The van der Waals surface area contributed by atoms with Gasteiger partial charge in [-0.25, -0.2) is 0 Å². The van der Waals surface area contributed by atoms with Crippen molar-refractivity contribution in [3.05, 3.63) is 45.3 Å². The van der Waals surface area contributed by atoms with Gasteiger partial charge in [0, 0.05) is 27.9 Å². The highest BCUT2D eigenvalue weighted by Crippen LogP contribution is 2.36. The fourth-order valence-electron chi connectivity index (χ4n) is 2.26. The fraction of sp³-hybridized carbons (Fsp3) is 0.286. The van der Waals surface area contributed by atoms with Gasteiger partial charge in [-0.2, -0.15) is 0 Å². The van der Waals surface area contributed by atoms with Crippen LogP contribution in [0.4, 0.5) is 0 Å². The van der Waals surface area contributed by atoms with E-state index in [0.29, 0.717) is 0 Å². The lowest BCUT2D eigenvalue weighted by molar-refractivity contribution is 0.653. The zero-order valence-corrected chi connectivity index (χ0v) is 11.3. The first kappa shape index (κ1) is 11.3. The summed E-state index contributed by atoms with van der Waals surface area (Å²) < 4.78 is 0. The van der Waals surface area contributed by atoms with E-state index >= 15 is 0 Å². The maximum Gasteiger partial charge on any atom is 0.0441 e. The molecule has 0 radical (unpaired) electrons. The second kappa shape index (κ2) is 4.45. The molecule has 1 N–H and O–H groups in total. The van der Waals surface area contributed by atoms with Gasteiger partial charge in [0.15, 0.2) is 0 Å². The number of rotatable bonds is 1. The molecule has 1 aliphatic heterocycles. The van der Waals surface area contributed by atoms with Gasteiger partial charge in [0.05, 0.1) is 0 Å². The molecular weight excluding hydrogens is 250 g/mol. The molecule has 2 aromatic rings. The van der Waals surface area contributed by atoms with Crippen molar-refractivity contribution in [3.8, 4) is 10.4 Å². The van der Waals surface area contributed by atoms with Crippen LogP contribution in [0, 0.1) is 6.92 Å². The second-order valence-corrected chi connectivity index (χ2v) is 5.94. The third-order valence-corrected chi connectivity index (χ3v) is 4.95. The molecule has 1 aromatic carbocycles. The second-order valence-electron chi connectivity index (χ2n) is 4.40. The Hall–Kier alpha value is -0.830. The van der Waals surface area contributed by atoms with Gasteiger partial charge in [0.2, 0.25) is 0 Å². The van der Waals surface area contributed by atoms with Crippen molar-refractivity contribution in [3.63, 3.8) is 0 Å². The molecule has 0 saturated heterocycles. The zero-order chi connectivity index (χ0) is 11.8. The first-order valence-corrected chi connectivity index (χ1v) is 7.03. The standard InChI is InChI=1S/C14H14ClNS/c1-9-11(3-2-4-12(9)15)14-7-10-8-16-6-5-13(10)17-14/h2-4,7,16H,5-6,8H2,1H3. The Kier molecular flexibility index (Phi) is 2.95.